The van der Waals surface area contributed by atoms with E-state index in [-0.39, 0.29) is 5.82 Å². The molecule has 3 rings (SSSR count). The van der Waals surface area contributed by atoms with Crippen LogP contribution in [0, 0.1) is 11.7 Å². The third-order valence-corrected chi connectivity index (χ3v) is 3.89. The van der Waals surface area contributed by atoms with E-state index in [0.717, 1.165) is 31.7 Å². The lowest BCUT2D eigenvalue weighted by Gasteiger charge is -2.12. The van der Waals surface area contributed by atoms with Crippen molar-refractivity contribution in [2.24, 2.45) is 5.92 Å². The highest BCUT2D eigenvalue weighted by Crippen LogP contribution is 2.18. The van der Waals surface area contributed by atoms with Gasteiger partial charge >= 0.3 is 0 Å². The third-order valence-electron chi connectivity index (χ3n) is 3.89. The normalized spacial score (nSPS) is 18.9. The molecule has 0 saturated carbocycles. The first-order chi connectivity index (χ1) is 10.7. The summed E-state index contributed by atoms with van der Waals surface area (Å²) < 4.78 is 23.7. The summed E-state index contributed by atoms with van der Waals surface area (Å²) in [6.07, 6.45) is 1.62. The molecule has 0 amide bonds. The average Bonchev–Trinajstić information content (AvgIpc) is 3.10. The lowest BCUT2D eigenvalue weighted by molar-refractivity contribution is 0.151. The smallest absolute Gasteiger partial charge is 0.240 e. The van der Waals surface area contributed by atoms with Gasteiger partial charge in [-0.25, -0.2) is 4.39 Å². The number of methoxy groups -OCH3 is 1. The van der Waals surface area contributed by atoms with Crippen molar-refractivity contribution in [1.29, 1.82) is 0 Å². The van der Waals surface area contributed by atoms with Gasteiger partial charge in [0.1, 0.15) is 5.82 Å². The van der Waals surface area contributed by atoms with Crippen molar-refractivity contribution < 1.29 is 13.7 Å². The summed E-state index contributed by atoms with van der Waals surface area (Å²) in [6, 6.07) is 6.46. The van der Waals surface area contributed by atoms with Gasteiger partial charge in [0.25, 0.3) is 0 Å². The fraction of sp³-hybridized carbons (Fsp3) is 0.500. The number of hydrogen-bond donors (Lipinski definition) is 0. The Balaban J connectivity index is 1.55. The van der Waals surface area contributed by atoms with Crippen molar-refractivity contribution >= 4 is 0 Å². The Hall–Kier alpha value is -1.79. The number of ether oxygens (including phenoxy) is 1. The molecule has 5 nitrogen and oxygen atoms in total. The molecule has 0 aliphatic carbocycles. The Morgan fingerprint density at radius 3 is 3.18 bits per heavy atom. The van der Waals surface area contributed by atoms with Crippen LogP contribution in [-0.2, 0) is 17.7 Å². The molecular weight excluding hydrogens is 285 g/mol. The van der Waals surface area contributed by atoms with Gasteiger partial charge in [0.15, 0.2) is 5.82 Å². The Morgan fingerprint density at radius 1 is 1.45 bits per heavy atom. The fourth-order valence-electron chi connectivity index (χ4n) is 2.88. The first-order valence-electron chi connectivity index (χ1n) is 7.50. The zero-order valence-electron chi connectivity index (χ0n) is 12.7. The molecule has 6 heteroatoms. The molecule has 1 aromatic carbocycles. The van der Waals surface area contributed by atoms with E-state index in [1.807, 2.05) is 6.07 Å². The molecule has 2 heterocycles. The van der Waals surface area contributed by atoms with E-state index in [9.17, 15) is 4.39 Å². The van der Waals surface area contributed by atoms with E-state index < -0.39 is 0 Å². The maximum Gasteiger partial charge on any atom is 0.240 e. The number of rotatable bonds is 6. The van der Waals surface area contributed by atoms with Crippen LogP contribution in [0.3, 0.4) is 0 Å². The molecule has 1 aliphatic heterocycles. The number of nitrogens with zero attached hydrogens (tertiary/aromatic N) is 3. The van der Waals surface area contributed by atoms with Crippen LogP contribution in [-0.4, -0.2) is 41.8 Å². The fourth-order valence-corrected chi connectivity index (χ4v) is 2.88. The van der Waals surface area contributed by atoms with Gasteiger partial charge in [-0.3, -0.25) is 4.90 Å². The Labute approximate surface area is 129 Å². The van der Waals surface area contributed by atoms with E-state index in [2.05, 4.69) is 15.0 Å². The molecule has 0 N–H and O–H groups in total. The summed E-state index contributed by atoms with van der Waals surface area (Å²) in [6.45, 7) is 3.48. The standard InChI is InChI=1S/C16H20FN3O2/c1-21-11-13-5-6-20(9-13)10-16-18-15(19-22-16)8-12-3-2-4-14(17)7-12/h2-4,7,13H,5-6,8-11H2,1H3/t13-/m0/s1. The van der Waals surface area contributed by atoms with Crippen LogP contribution in [0.15, 0.2) is 28.8 Å². The van der Waals surface area contributed by atoms with Crippen molar-refractivity contribution in [3.63, 3.8) is 0 Å². The van der Waals surface area contributed by atoms with Gasteiger partial charge in [-0.05, 0) is 36.6 Å². The van der Waals surface area contributed by atoms with Gasteiger partial charge in [0.05, 0.1) is 13.2 Å². The molecule has 1 aromatic heterocycles. The van der Waals surface area contributed by atoms with Gasteiger partial charge in [-0.1, -0.05) is 17.3 Å². The second kappa shape index (κ2) is 6.98. The van der Waals surface area contributed by atoms with Gasteiger partial charge < -0.3 is 9.26 Å². The molecule has 1 fully saturated rings. The minimum Gasteiger partial charge on any atom is -0.384 e. The van der Waals surface area contributed by atoms with E-state index in [0.29, 0.717) is 30.6 Å². The Morgan fingerprint density at radius 2 is 2.36 bits per heavy atom. The van der Waals surface area contributed by atoms with Crippen molar-refractivity contribution in [2.45, 2.75) is 19.4 Å². The number of aromatic nitrogens is 2. The zero-order valence-corrected chi connectivity index (χ0v) is 12.7. The SMILES string of the molecule is COC[C@H]1CCN(Cc2nc(Cc3cccc(F)c3)no2)C1. The molecule has 1 saturated heterocycles. The average molecular weight is 305 g/mol. The second-order valence-electron chi connectivity index (χ2n) is 5.76. The van der Waals surface area contributed by atoms with Crippen molar-refractivity contribution in [3.05, 3.63) is 47.4 Å². The highest BCUT2D eigenvalue weighted by atomic mass is 19.1. The number of halogens is 1. The topological polar surface area (TPSA) is 51.4 Å². The highest BCUT2D eigenvalue weighted by molar-refractivity contribution is 5.19. The minimum atomic E-state index is -0.248. The predicted molar refractivity (Wildman–Crippen MR) is 78.8 cm³/mol. The molecule has 118 valence electrons. The van der Waals surface area contributed by atoms with E-state index in [4.69, 9.17) is 9.26 Å². The molecule has 0 bridgehead atoms. The summed E-state index contributed by atoms with van der Waals surface area (Å²) in [4.78, 5) is 6.69. The molecule has 2 aromatic rings. The van der Waals surface area contributed by atoms with Crippen LogP contribution < -0.4 is 0 Å². The summed E-state index contributed by atoms with van der Waals surface area (Å²) in [5, 5.41) is 3.98. The lowest BCUT2D eigenvalue weighted by Crippen LogP contribution is -2.21. The van der Waals surface area contributed by atoms with Gasteiger partial charge in [-0.2, -0.15) is 4.98 Å². The van der Waals surface area contributed by atoms with Crippen LogP contribution >= 0.6 is 0 Å². The summed E-state index contributed by atoms with van der Waals surface area (Å²) in [7, 11) is 1.74. The monoisotopic (exact) mass is 305 g/mol. The summed E-state index contributed by atoms with van der Waals surface area (Å²) >= 11 is 0. The first-order valence-corrected chi connectivity index (χ1v) is 7.50. The van der Waals surface area contributed by atoms with Crippen molar-refractivity contribution in [2.75, 3.05) is 26.8 Å². The Bertz CT molecular complexity index is 617. The number of hydrogen-bond acceptors (Lipinski definition) is 5. The summed E-state index contributed by atoms with van der Waals surface area (Å²) in [5.41, 5.74) is 0.841. The van der Waals surface area contributed by atoms with E-state index >= 15 is 0 Å². The predicted octanol–water partition coefficient (Wildman–Crippen LogP) is 2.27. The molecule has 1 aliphatic rings. The lowest BCUT2D eigenvalue weighted by atomic mass is 10.1. The molecule has 0 unspecified atom stereocenters. The zero-order chi connectivity index (χ0) is 15.4. The van der Waals surface area contributed by atoms with Gasteiger partial charge in [-0.15, -0.1) is 0 Å². The van der Waals surface area contributed by atoms with Crippen molar-refractivity contribution in [3.8, 4) is 0 Å². The van der Waals surface area contributed by atoms with Crippen LogP contribution in [0.25, 0.3) is 0 Å². The highest BCUT2D eigenvalue weighted by Gasteiger charge is 2.23. The number of likely N-dealkylation sites (tertiary alicyclic amines) is 1. The van der Waals surface area contributed by atoms with Gasteiger partial charge in [0.2, 0.25) is 5.89 Å². The maximum absolute atomic E-state index is 13.2. The molecule has 1 atom stereocenters. The third kappa shape index (κ3) is 3.90. The maximum atomic E-state index is 13.2. The molecule has 22 heavy (non-hydrogen) atoms. The molecular formula is C16H20FN3O2. The van der Waals surface area contributed by atoms with Crippen LogP contribution in [0.5, 0.6) is 0 Å². The minimum absolute atomic E-state index is 0.248. The van der Waals surface area contributed by atoms with E-state index in [1.54, 1.807) is 13.2 Å². The van der Waals surface area contributed by atoms with Crippen LogP contribution in [0.1, 0.15) is 23.7 Å². The summed E-state index contributed by atoms with van der Waals surface area (Å²) in [5.74, 6) is 1.54. The largest absolute Gasteiger partial charge is 0.384 e. The Kier molecular flexibility index (Phi) is 4.80. The first kappa shape index (κ1) is 15.1. The quantitative estimate of drug-likeness (QED) is 0.819. The van der Waals surface area contributed by atoms with Crippen LogP contribution in [0.4, 0.5) is 4.39 Å². The van der Waals surface area contributed by atoms with Crippen molar-refractivity contribution in [1.82, 2.24) is 15.0 Å². The van der Waals surface area contributed by atoms with Crippen LogP contribution in [0.2, 0.25) is 0 Å². The molecule has 0 spiro atoms. The molecule has 0 radical (unpaired) electrons. The second-order valence-corrected chi connectivity index (χ2v) is 5.76. The number of benzene rings is 1. The van der Waals surface area contributed by atoms with Gasteiger partial charge in [0, 0.05) is 20.1 Å². The van der Waals surface area contributed by atoms with E-state index in [1.165, 1.54) is 12.1 Å².